The molecule has 1 aliphatic heterocycles. The third-order valence-electron chi connectivity index (χ3n) is 4.11. The number of benzene rings is 1. The zero-order valence-electron chi connectivity index (χ0n) is 10.8. The van der Waals surface area contributed by atoms with Crippen molar-refractivity contribution in [1.29, 1.82) is 0 Å². The molecule has 0 spiro atoms. The molecule has 1 aromatic rings. The molecule has 2 nitrogen and oxygen atoms in total. The molecule has 3 N–H and O–H groups in total. The van der Waals surface area contributed by atoms with Crippen LogP contribution in [0.4, 0.5) is 0 Å². The maximum absolute atomic E-state index is 5.98. The first-order valence-electron chi connectivity index (χ1n) is 6.75. The molecular formula is C15H24N2. The summed E-state index contributed by atoms with van der Waals surface area (Å²) in [5.74, 6) is 0. The molecular weight excluding hydrogens is 208 g/mol. The lowest BCUT2D eigenvalue weighted by Gasteiger charge is -2.37. The van der Waals surface area contributed by atoms with Crippen LogP contribution < -0.4 is 11.1 Å². The van der Waals surface area contributed by atoms with Crippen molar-refractivity contribution in [3.05, 3.63) is 35.4 Å². The average molecular weight is 232 g/mol. The largest absolute Gasteiger partial charge is 0.329 e. The van der Waals surface area contributed by atoms with Crippen molar-refractivity contribution >= 4 is 0 Å². The minimum absolute atomic E-state index is 0.195. The number of rotatable bonds is 4. The second kappa shape index (κ2) is 5.65. The fourth-order valence-electron chi connectivity index (χ4n) is 2.78. The molecule has 0 amide bonds. The van der Waals surface area contributed by atoms with E-state index >= 15 is 0 Å². The lowest BCUT2D eigenvalue weighted by Crippen LogP contribution is -2.54. The normalized spacial score (nSPS) is 24.8. The van der Waals surface area contributed by atoms with E-state index in [0.717, 1.165) is 25.9 Å². The Morgan fingerprint density at radius 1 is 1.29 bits per heavy atom. The van der Waals surface area contributed by atoms with Crippen LogP contribution in [-0.4, -0.2) is 18.6 Å². The molecule has 0 bridgehead atoms. The number of nitrogens with two attached hydrogens (primary N) is 1. The summed E-state index contributed by atoms with van der Waals surface area (Å²) in [6, 6.07) is 8.67. The Bertz CT molecular complexity index is 354. The highest BCUT2D eigenvalue weighted by molar-refractivity contribution is 5.26. The van der Waals surface area contributed by atoms with E-state index < -0.39 is 0 Å². The van der Waals surface area contributed by atoms with Crippen LogP contribution in [0.2, 0.25) is 0 Å². The summed E-state index contributed by atoms with van der Waals surface area (Å²) >= 11 is 0. The van der Waals surface area contributed by atoms with Gasteiger partial charge in [-0.1, -0.05) is 30.7 Å². The van der Waals surface area contributed by atoms with Crippen molar-refractivity contribution in [1.82, 2.24) is 5.32 Å². The van der Waals surface area contributed by atoms with E-state index in [2.05, 4.69) is 36.5 Å². The minimum Gasteiger partial charge on any atom is -0.329 e. The molecule has 1 unspecified atom stereocenters. The fraction of sp³-hybridized carbons (Fsp3) is 0.600. The van der Waals surface area contributed by atoms with Gasteiger partial charge in [-0.05, 0) is 50.3 Å². The summed E-state index contributed by atoms with van der Waals surface area (Å²) in [7, 11) is 0. The summed E-state index contributed by atoms with van der Waals surface area (Å²) in [6.45, 7) is 4.09. The lowest BCUT2D eigenvalue weighted by atomic mass is 9.83. The summed E-state index contributed by atoms with van der Waals surface area (Å²) in [5.41, 5.74) is 9.04. The average Bonchev–Trinajstić information content (AvgIpc) is 2.39. The lowest BCUT2D eigenvalue weighted by molar-refractivity contribution is 0.244. The van der Waals surface area contributed by atoms with E-state index in [1.807, 2.05) is 0 Å². The van der Waals surface area contributed by atoms with E-state index in [1.165, 1.54) is 30.4 Å². The number of aryl methyl sites for hydroxylation is 2. The van der Waals surface area contributed by atoms with E-state index in [-0.39, 0.29) is 5.54 Å². The Labute approximate surface area is 105 Å². The number of piperidine rings is 1. The van der Waals surface area contributed by atoms with Gasteiger partial charge in [0.05, 0.1) is 0 Å². The highest BCUT2D eigenvalue weighted by atomic mass is 15.0. The molecule has 2 heteroatoms. The number of hydrogen-bond donors (Lipinski definition) is 2. The molecule has 0 aliphatic carbocycles. The molecule has 0 radical (unpaired) electrons. The third-order valence-corrected chi connectivity index (χ3v) is 4.11. The Balaban J connectivity index is 1.98. The SMILES string of the molecule is Cc1ccccc1CCC1(CN)CCCCN1. The topological polar surface area (TPSA) is 38.0 Å². The molecule has 2 rings (SSSR count). The number of hydrogen-bond acceptors (Lipinski definition) is 2. The first kappa shape index (κ1) is 12.6. The van der Waals surface area contributed by atoms with Gasteiger partial charge in [0.2, 0.25) is 0 Å². The third kappa shape index (κ3) is 3.08. The summed E-state index contributed by atoms with van der Waals surface area (Å²) < 4.78 is 0. The zero-order valence-corrected chi connectivity index (χ0v) is 10.8. The van der Waals surface area contributed by atoms with Crippen LogP contribution in [0.5, 0.6) is 0 Å². The molecule has 17 heavy (non-hydrogen) atoms. The van der Waals surface area contributed by atoms with Crippen molar-refractivity contribution in [3.63, 3.8) is 0 Å². The second-order valence-corrected chi connectivity index (χ2v) is 5.29. The zero-order chi connectivity index (χ0) is 12.1. The Hall–Kier alpha value is -0.860. The van der Waals surface area contributed by atoms with Crippen LogP contribution in [-0.2, 0) is 6.42 Å². The van der Waals surface area contributed by atoms with Gasteiger partial charge in [-0.15, -0.1) is 0 Å². The van der Waals surface area contributed by atoms with Crippen LogP contribution in [0.1, 0.15) is 36.8 Å². The molecule has 1 aliphatic rings. The van der Waals surface area contributed by atoms with Crippen molar-refractivity contribution in [2.75, 3.05) is 13.1 Å². The minimum atomic E-state index is 0.195. The van der Waals surface area contributed by atoms with Gasteiger partial charge in [0.15, 0.2) is 0 Å². The van der Waals surface area contributed by atoms with Gasteiger partial charge in [-0.25, -0.2) is 0 Å². The van der Waals surface area contributed by atoms with Gasteiger partial charge in [0, 0.05) is 12.1 Å². The maximum atomic E-state index is 5.98. The van der Waals surface area contributed by atoms with E-state index in [1.54, 1.807) is 0 Å². The molecule has 1 atom stereocenters. The Morgan fingerprint density at radius 2 is 2.12 bits per heavy atom. The van der Waals surface area contributed by atoms with Crippen LogP contribution in [0.3, 0.4) is 0 Å². The van der Waals surface area contributed by atoms with Crippen molar-refractivity contribution < 1.29 is 0 Å². The Morgan fingerprint density at radius 3 is 2.76 bits per heavy atom. The van der Waals surface area contributed by atoms with Crippen molar-refractivity contribution in [2.45, 2.75) is 44.6 Å². The Kier molecular flexibility index (Phi) is 4.19. The highest BCUT2D eigenvalue weighted by Crippen LogP contribution is 2.24. The first-order chi connectivity index (χ1) is 8.26. The predicted octanol–water partition coefficient (Wildman–Crippen LogP) is 2.40. The van der Waals surface area contributed by atoms with Crippen LogP contribution in [0.25, 0.3) is 0 Å². The van der Waals surface area contributed by atoms with Crippen molar-refractivity contribution in [2.24, 2.45) is 5.73 Å². The van der Waals surface area contributed by atoms with Gasteiger partial charge in [-0.3, -0.25) is 0 Å². The summed E-state index contributed by atoms with van der Waals surface area (Å²) in [5, 5.41) is 3.65. The number of nitrogens with one attached hydrogen (secondary N) is 1. The highest BCUT2D eigenvalue weighted by Gasteiger charge is 2.29. The fourth-order valence-corrected chi connectivity index (χ4v) is 2.78. The predicted molar refractivity (Wildman–Crippen MR) is 73.1 cm³/mol. The molecule has 1 heterocycles. The van der Waals surface area contributed by atoms with Gasteiger partial charge in [-0.2, -0.15) is 0 Å². The molecule has 1 fully saturated rings. The van der Waals surface area contributed by atoms with E-state index in [9.17, 15) is 0 Å². The van der Waals surface area contributed by atoms with Gasteiger partial charge in [0.25, 0.3) is 0 Å². The van der Waals surface area contributed by atoms with Gasteiger partial charge < -0.3 is 11.1 Å². The second-order valence-electron chi connectivity index (χ2n) is 5.29. The molecule has 0 aromatic heterocycles. The summed E-state index contributed by atoms with van der Waals surface area (Å²) in [6.07, 6.45) is 6.14. The van der Waals surface area contributed by atoms with Crippen LogP contribution in [0.15, 0.2) is 24.3 Å². The van der Waals surface area contributed by atoms with E-state index in [0.29, 0.717) is 0 Å². The van der Waals surface area contributed by atoms with E-state index in [4.69, 9.17) is 5.73 Å². The molecule has 1 saturated heterocycles. The van der Waals surface area contributed by atoms with Crippen molar-refractivity contribution in [3.8, 4) is 0 Å². The monoisotopic (exact) mass is 232 g/mol. The van der Waals surface area contributed by atoms with Crippen LogP contribution >= 0.6 is 0 Å². The molecule has 94 valence electrons. The smallest absolute Gasteiger partial charge is 0.0307 e. The summed E-state index contributed by atoms with van der Waals surface area (Å²) in [4.78, 5) is 0. The maximum Gasteiger partial charge on any atom is 0.0307 e. The quantitative estimate of drug-likeness (QED) is 0.836. The van der Waals surface area contributed by atoms with Gasteiger partial charge >= 0.3 is 0 Å². The van der Waals surface area contributed by atoms with Gasteiger partial charge in [0.1, 0.15) is 0 Å². The standard InChI is InChI=1S/C15H24N2/c1-13-6-2-3-7-14(13)8-10-15(12-16)9-4-5-11-17-15/h2-3,6-7,17H,4-5,8-12,16H2,1H3. The first-order valence-corrected chi connectivity index (χ1v) is 6.75. The van der Waals surface area contributed by atoms with Crippen LogP contribution in [0, 0.1) is 6.92 Å². The molecule has 0 saturated carbocycles. The molecule has 1 aromatic carbocycles.